The first-order chi connectivity index (χ1) is 7.97. The van der Waals surface area contributed by atoms with Crippen molar-refractivity contribution in [2.24, 2.45) is 11.7 Å². The molecule has 0 aliphatic carbocycles. The molecule has 0 radical (unpaired) electrons. The van der Waals surface area contributed by atoms with Crippen molar-refractivity contribution >= 4 is 5.69 Å². The van der Waals surface area contributed by atoms with E-state index in [1.54, 1.807) is 6.07 Å². The van der Waals surface area contributed by atoms with Gasteiger partial charge in [-0.15, -0.1) is 0 Å². The van der Waals surface area contributed by atoms with Crippen molar-refractivity contribution in [2.45, 2.75) is 33.2 Å². The average Bonchev–Trinajstić information content (AvgIpc) is 2.27. The highest BCUT2D eigenvalue weighted by atomic mass is 19.1. The van der Waals surface area contributed by atoms with E-state index in [-0.39, 0.29) is 5.82 Å². The standard InChI is InChI=1S/C14H23FN2/c1-10(2)11(3)17(4)14-6-5-12(7-8-16)9-13(14)15/h5-6,9-11H,7-8,16H2,1-4H3. The SMILES string of the molecule is CC(C)C(C)N(C)c1ccc(CCN)cc1F. The molecule has 2 N–H and O–H groups in total. The summed E-state index contributed by atoms with van der Waals surface area (Å²) in [5.74, 6) is 0.328. The van der Waals surface area contributed by atoms with Crippen LogP contribution >= 0.6 is 0 Å². The molecule has 1 aromatic rings. The van der Waals surface area contributed by atoms with Crippen molar-refractivity contribution in [2.75, 3.05) is 18.5 Å². The third kappa shape index (κ3) is 3.43. The van der Waals surface area contributed by atoms with E-state index in [1.165, 1.54) is 0 Å². The van der Waals surface area contributed by atoms with Gasteiger partial charge in [0.15, 0.2) is 0 Å². The molecule has 0 saturated heterocycles. The van der Waals surface area contributed by atoms with Gasteiger partial charge < -0.3 is 10.6 Å². The zero-order valence-electron chi connectivity index (χ0n) is 11.2. The van der Waals surface area contributed by atoms with Crippen LogP contribution in [0.2, 0.25) is 0 Å². The van der Waals surface area contributed by atoms with Gasteiger partial charge in [0.2, 0.25) is 0 Å². The van der Waals surface area contributed by atoms with Crippen LogP contribution in [0.3, 0.4) is 0 Å². The van der Waals surface area contributed by atoms with Crippen LogP contribution < -0.4 is 10.6 Å². The summed E-state index contributed by atoms with van der Waals surface area (Å²) < 4.78 is 14.0. The molecule has 17 heavy (non-hydrogen) atoms. The van der Waals surface area contributed by atoms with E-state index in [2.05, 4.69) is 20.8 Å². The van der Waals surface area contributed by atoms with Gasteiger partial charge in [-0.25, -0.2) is 4.39 Å². The smallest absolute Gasteiger partial charge is 0.146 e. The van der Waals surface area contributed by atoms with Gasteiger partial charge in [0.25, 0.3) is 0 Å². The van der Waals surface area contributed by atoms with E-state index < -0.39 is 0 Å². The normalized spacial score (nSPS) is 12.9. The molecule has 3 heteroatoms. The Morgan fingerprint density at radius 1 is 1.29 bits per heavy atom. The molecule has 0 saturated carbocycles. The first-order valence-corrected chi connectivity index (χ1v) is 6.18. The molecule has 0 bridgehead atoms. The Bertz CT molecular complexity index is 363. The van der Waals surface area contributed by atoms with Crippen molar-refractivity contribution in [3.05, 3.63) is 29.6 Å². The van der Waals surface area contributed by atoms with Gasteiger partial charge in [-0.3, -0.25) is 0 Å². The first-order valence-electron chi connectivity index (χ1n) is 6.18. The largest absolute Gasteiger partial charge is 0.369 e. The van der Waals surface area contributed by atoms with Crippen LogP contribution in [-0.2, 0) is 6.42 Å². The number of hydrogen-bond donors (Lipinski definition) is 1. The summed E-state index contributed by atoms with van der Waals surface area (Å²) in [5, 5.41) is 0. The van der Waals surface area contributed by atoms with Crippen molar-refractivity contribution < 1.29 is 4.39 Å². The lowest BCUT2D eigenvalue weighted by Crippen LogP contribution is -2.33. The summed E-state index contributed by atoms with van der Waals surface area (Å²) in [6.07, 6.45) is 0.723. The molecule has 0 aliphatic rings. The fourth-order valence-electron chi connectivity index (χ4n) is 1.83. The van der Waals surface area contributed by atoms with Gasteiger partial charge in [-0.1, -0.05) is 19.9 Å². The molecule has 1 aromatic carbocycles. The average molecular weight is 238 g/mol. The van der Waals surface area contributed by atoms with Crippen molar-refractivity contribution in [1.29, 1.82) is 0 Å². The van der Waals surface area contributed by atoms with Gasteiger partial charge in [0.05, 0.1) is 5.69 Å². The van der Waals surface area contributed by atoms with E-state index in [9.17, 15) is 4.39 Å². The summed E-state index contributed by atoms with van der Waals surface area (Å²) >= 11 is 0. The number of rotatable bonds is 5. The summed E-state index contributed by atoms with van der Waals surface area (Å²) in [6.45, 7) is 6.94. The number of halogens is 1. The van der Waals surface area contributed by atoms with Crippen LogP contribution in [0, 0.1) is 11.7 Å². The second-order valence-corrected chi connectivity index (χ2v) is 4.92. The molecule has 0 heterocycles. The Morgan fingerprint density at radius 2 is 1.94 bits per heavy atom. The fourth-order valence-corrected chi connectivity index (χ4v) is 1.83. The molecule has 0 aromatic heterocycles. The zero-order valence-corrected chi connectivity index (χ0v) is 11.2. The number of hydrogen-bond acceptors (Lipinski definition) is 2. The minimum Gasteiger partial charge on any atom is -0.369 e. The van der Waals surface area contributed by atoms with Crippen molar-refractivity contribution in [3.8, 4) is 0 Å². The maximum absolute atomic E-state index is 14.0. The molecule has 0 spiro atoms. The molecule has 0 aliphatic heterocycles. The van der Waals surface area contributed by atoms with Crippen molar-refractivity contribution in [1.82, 2.24) is 0 Å². The van der Waals surface area contributed by atoms with Crippen LogP contribution in [0.1, 0.15) is 26.3 Å². The molecule has 96 valence electrons. The molecule has 1 atom stereocenters. The first kappa shape index (κ1) is 14.0. The van der Waals surface area contributed by atoms with Crippen LogP contribution in [0.15, 0.2) is 18.2 Å². The Hall–Kier alpha value is -1.09. The predicted octanol–water partition coefficient (Wildman–Crippen LogP) is 2.81. The lowest BCUT2D eigenvalue weighted by molar-refractivity contribution is 0.497. The Morgan fingerprint density at radius 3 is 2.41 bits per heavy atom. The van der Waals surface area contributed by atoms with E-state index in [4.69, 9.17) is 5.73 Å². The lowest BCUT2D eigenvalue weighted by Gasteiger charge is -2.30. The number of anilines is 1. The fraction of sp³-hybridized carbons (Fsp3) is 0.571. The third-order valence-electron chi connectivity index (χ3n) is 3.40. The molecule has 0 amide bonds. The quantitative estimate of drug-likeness (QED) is 0.854. The number of benzene rings is 1. The van der Waals surface area contributed by atoms with E-state index >= 15 is 0 Å². The predicted molar refractivity (Wildman–Crippen MR) is 71.9 cm³/mol. The molecule has 0 fully saturated rings. The molecule has 2 nitrogen and oxygen atoms in total. The van der Waals surface area contributed by atoms with E-state index in [0.717, 1.165) is 12.0 Å². The number of nitrogens with zero attached hydrogens (tertiary/aromatic N) is 1. The monoisotopic (exact) mass is 238 g/mol. The van der Waals surface area contributed by atoms with Gasteiger partial charge in [0.1, 0.15) is 5.82 Å². The van der Waals surface area contributed by atoms with Gasteiger partial charge in [0, 0.05) is 13.1 Å². The molecular weight excluding hydrogens is 215 g/mol. The second-order valence-electron chi connectivity index (χ2n) is 4.92. The molecule has 1 rings (SSSR count). The molecule has 1 unspecified atom stereocenters. The highest BCUT2D eigenvalue weighted by Crippen LogP contribution is 2.23. The maximum atomic E-state index is 14.0. The minimum absolute atomic E-state index is 0.161. The van der Waals surface area contributed by atoms with Gasteiger partial charge >= 0.3 is 0 Å². The van der Waals surface area contributed by atoms with Gasteiger partial charge in [-0.2, -0.15) is 0 Å². The Kier molecular flexibility index (Phi) is 4.94. The lowest BCUT2D eigenvalue weighted by atomic mass is 10.0. The second kappa shape index (κ2) is 6.01. The zero-order chi connectivity index (χ0) is 13.0. The highest BCUT2D eigenvalue weighted by Gasteiger charge is 2.16. The van der Waals surface area contributed by atoms with E-state index in [1.807, 2.05) is 24.1 Å². The van der Waals surface area contributed by atoms with E-state index in [0.29, 0.717) is 24.2 Å². The van der Waals surface area contributed by atoms with Crippen LogP contribution in [-0.4, -0.2) is 19.6 Å². The highest BCUT2D eigenvalue weighted by molar-refractivity contribution is 5.49. The number of nitrogens with two attached hydrogens (primary N) is 1. The molecular formula is C14H23FN2. The topological polar surface area (TPSA) is 29.3 Å². The van der Waals surface area contributed by atoms with Crippen LogP contribution in [0.5, 0.6) is 0 Å². The van der Waals surface area contributed by atoms with Crippen molar-refractivity contribution in [3.63, 3.8) is 0 Å². The maximum Gasteiger partial charge on any atom is 0.146 e. The van der Waals surface area contributed by atoms with Crippen LogP contribution in [0.25, 0.3) is 0 Å². The summed E-state index contributed by atoms with van der Waals surface area (Å²) in [6, 6.07) is 5.70. The Labute approximate surface area is 104 Å². The third-order valence-corrected chi connectivity index (χ3v) is 3.40. The summed E-state index contributed by atoms with van der Waals surface area (Å²) in [5.41, 5.74) is 7.08. The summed E-state index contributed by atoms with van der Waals surface area (Å²) in [4.78, 5) is 1.99. The Balaban J connectivity index is 2.91. The summed E-state index contributed by atoms with van der Waals surface area (Å²) in [7, 11) is 1.94. The van der Waals surface area contributed by atoms with Gasteiger partial charge in [-0.05, 0) is 43.5 Å². The van der Waals surface area contributed by atoms with Crippen LogP contribution in [0.4, 0.5) is 10.1 Å². The minimum atomic E-state index is -0.161.